The molecule has 1 fully saturated rings. The number of carbonyl (C=O) groups excluding carboxylic acids is 3. The van der Waals surface area contributed by atoms with Crippen molar-refractivity contribution in [1.29, 1.82) is 0 Å². The van der Waals surface area contributed by atoms with Gasteiger partial charge in [-0.25, -0.2) is 9.80 Å². The number of aromatic nitrogens is 1. The third kappa shape index (κ3) is 6.05. The van der Waals surface area contributed by atoms with Crippen molar-refractivity contribution in [3.63, 3.8) is 0 Å². The van der Waals surface area contributed by atoms with Crippen molar-refractivity contribution in [3.05, 3.63) is 88.6 Å². The number of nitrogens with zero attached hydrogens (tertiary/aromatic N) is 3. The van der Waals surface area contributed by atoms with E-state index in [0.29, 0.717) is 35.8 Å². The molecule has 4 rings (SSSR count). The van der Waals surface area contributed by atoms with Gasteiger partial charge in [0.2, 0.25) is 0 Å². The van der Waals surface area contributed by atoms with Crippen LogP contribution >= 0.6 is 11.6 Å². The molecule has 1 saturated heterocycles. The van der Waals surface area contributed by atoms with E-state index in [9.17, 15) is 19.5 Å². The van der Waals surface area contributed by atoms with Crippen LogP contribution in [0.15, 0.2) is 66.9 Å². The van der Waals surface area contributed by atoms with Gasteiger partial charge in [-0.15, -0.1) is 0 Å². The number of aldehydes is 1. The molecule has 0 aliphatic carbocycles. The standard InChI is InChI=1S/C32H36ClN3O5/c1-21(2)28(19-37)36(35-15-13-32(40,31(3,4)20-35)25-9-11-26(33)12-10-25)29(38)23-16-22(27-8-6-7-14-34-27)17-24(18-23)30(39)41-5/h6-12,14,16-19,21,28,40H,13,15,20H2,1-5H3/t28-,32-/m0/s1. The highest BCUT2D eigenvalue weighted by molar-refractivity contribution is 6.30. The summed E-state index contributed by atoms with van der Waals surface area (Å²) in [7, 11) is 1.28. The maximum Gasteiger partial charge on any atom is 0.337 e. The molecule has 3 aromatic rings. The highest BCUT2D eigenvalue weighted by Crippen LogP contribution is 2.47. The van der Waals surface area contributed by atoms with Crippen LogP contribution < -0.4 is 0 Å². The molecular formula is C32H36ClN3O5. The maximum atomic E-state index is 14.4. The fraction of sp³-hybridized carbons (Fsp3) is 0.375. The van der Waals surface area contributed by atoms with Crippen molar-refractivity contribution in [3.8, 4) is 11.3 Å². The van der Waals surface area contributed by atoms with Crippen LogP contribution in [-0.4, -0.2) is 64.5 Å². The Bertz CT molecular complexity index is 1410. The number of ether oxygens (including phenoxy) is 1. The number of hydrogen-bond acceptors (Lipinski definition) is 7. The fourth-order valence-electron chi connectivity index (χ4n) is 5.49. The summed E-state index contributed by atoms with van der Waals surface area (Å²) in [5.41, 5.74) is 0.413. The molecular weight excluding hydrogens is 542 g/mol. The summed E-state index contributed by atoms with van der Waals surface area (Å²) in [6.45, 7) is 8.25. The van der Waals surface area contributed by atoms with Crippen molar-refractivity contribution in [2.24, 2.45) is 11.3 Å². The molecule has 0 bridgehead atoms. The first-order chi connectivity index (χ1) is 19.4. The van der Waals surface area contributed by atoms with E-state index in [4.69, 9.17) is 16.3 Å². The monoisotopic (exact) mass is 577 g/mol. The molecule has 0 radical (unpaired) electrons. The molecule has 2 atom stereocenters. The second-order valence-electron chi connectivity index (χ2n) is 11.4. The minimum absolute atomic E-state index is 0.197. The van der Waals surface area contributed by atoms with Gasteiger partial charge in [-0.2, -0.15) is 0 Å². The Hall–Kier alpha value is -3.59. The molecule has 1 aromatic heterocycles. The summed E-state index contributed by atoms with van der Waals surface area (Å²) < 4.78 is 4.96. The van der Waals surface area contributed by atoms with Gasteiger partial charge in [-0.05, 0) is 60.4 Å². The van der Waals surface area contributed by atoms with Crippen LogP contribution in [0.5, 0.6) is 0 Å². The van der Waals surface area contributed by atoms with Crippen molar-refractivity contribution >= 4 is 29.8 Å². The minimum Gasteiger partial charge on any atom is -0.465 e. The van der Waals surface area contributed by atoms with E-state index in [1.54, 1.807) is 42.6 Å². The molecule has 0 unspecified atom stereocenters. The summed E-state index contributed by atoms with van der Waals surface area (Å²) in [6.07, 6.45) is 2.72. The molecule has 2 aromatic carbocycles. The summed E-state index contributed by atoms with van der Waals surface area (Å²) in [5.74, 6) is -1.23. The molecule has 41 heavy (non-hydrogen) atoms. The van der Waals surface area contributed by atoms with Crippen LogP contribution in [0.3, 0.4) is 0 Å². The molecule has 1 amide bonds. The number of hydrogen-bond donors (Lipinski definition) is 1. The Kier molecular flexibility index (Phi) is 8.97. The average Bonchev–Trinajstić information content (AvgIpc) is 2.96. The lowest BCUT2D eigenvalue weighted by Gasteiger charge is -2.53. The van der Waals surface area contributed by atoms with Gasteiger partial charge >= 0.3 is 5.97 Å². The van der Waals surface area contributed by atoms with E-state index < -0.39 is 28.9 Å². The van der Waals surface area contributed by atoms with Crippen LogP contribution in [0.2, 0.25) is 5.02 Å². The third-order valence-corrected chi connectivity index (χ3v) is 8.18. The SMILES string of the molecule is COC(=O)c1cc(C(=O)N([C@@H](C=O)C(C)C)N2CC[C@](O)(c3ccc(Cl)cc3)C(C)(C)C2)cc(-c2ccccn2)c1. The number of carbonyl (C=O) groups is 3. The van der Waals surface area contributed by atoms with Crippen LogP contribution in [0.4, 0.5) is 0 Å². The minimum atomic E-state index is -1.19. The smallest absolute Gasteiger partial charge is 0.337 e. The quantitative estimate of drug-likeness (QED) is 0.283. The third-order valence-electron chi connectivity index (χ3n) is 7.93. The molecule has 0 saturated carbocycles. The number of rotatable bonds is 8. The lowest BCUT2D eigenvalue weighted by molar-refractivity contribution is -0.173. The van der Waals surface area contributed by atoms with Crippen LogP contribution in [-0.2, 0) is 15.1 Å². The Morgan fingerprint density at radius 2 is 1.78 bits per heavy atom. The molecule has 0 spiro atoms. The molecule has 2 heterocycles. The molecule has 1 aliphatic rings. The average molecular weight is 578 g/mol. The van der Waals surface area contributed by atoms with Crippen LogP contribution in [0.1, 0.15) is 60.4 Å². The zero-order valence-corrected chi connectivity index (χ0v) is 24.8. The van der Waals surface area contributed by atoms with Gasteiger partial charge in [0.05, 0.1) is 24.0 Å². The maximum absolute atomic E-state index is 14.4. The number of aliphatic hydroxyl groups is 1. The lowest BCUT2D eigenvalue weighted by Crippen LogP contribution is -2.63. The number of hydrazine groups is 1. The van der Waals surface area contributed by atoms with E-state index in [-0.39, 0.29) is 17.0 Å². The predicted molar refractivity (Wildman–Crippen MR) is 157 cm³/mol. The Morgan fingerprint density at radius 1 is 1.10 bits per heavy atom. The van der Waals surface area contributed by atoms with E-state index in [2.05, 4.69) is 4.98 Å². The summed E-state index contributed by atoms with van der Waals surface area (Å²) >= 11 is 6.10. The molecule has 8 nitrogen and oxygen atoms in total. The summed E-state index contributed by atoms with van der Waals surface area (Å²) in [4.78, 5) is 43.8. The van der Waals surface area contributed by atoms with Crippen molar-refractivity contribution < 1.29 is 24.2 Å². The largest absolute Gasteiger partial charge is 0.465 e. The number of esters is 1. The van der Waals surface area contributed by atoms with Gasteiger partial charge in [0.15, 0.2) is 0 Å². The summed E-state index contributed by atoms with van der Waals surface area (Å²) in [5, 5.41) is 15.8. The topological polar surface area (TPSA) is 100 Å². The van der Waals surface area contributed by atoms with E-state index in [1.165, 1.54) is 18.2 Å². The molecule has 9 heteroatoms. The second kappa shape index (κ2) is 12.1. The number of methoxy groups -OCH3 is 1. The van der Waals surface area contributed by atoms with E-state index >= 15 is 0 Å². The van der Waals surface area contributed by atoms with Crippen molar-refractivity contribution in [2.75, 3.05) is 20.2 Å². The van der Waals surface area contributed by atoms with Gasteiger partial charge < -0.3 is 14.6 Å². The number of benzene rings is 2. The van der Waals surface area contributed by atoms with Crippen molar-refractivity contribution in [1.82, 2.24) is 15.0 Å². The number of pyridine rings is 1. The van der Waals surface area contributed by atoms with Crippen LogP contribution in [0, 0.1) is 11.3 Å². The fourth-order valence-corrected chi connectivity index (χ4v) is 5.62. The summed E-state index contributed by atoms with van der Waals surface area (Å²) in [6, 6.07) is 16.5. The Balaban J connectivity index is 1.77. The first-order valence-electron chi connectivity index (χ1n) is 13.6. The molecule has 1 N–H and O–H groups in total. The Labute approximate surface area is 245 Å². The van der Waals surface area contributed by atoms with E-state index in [1.807, 2.05) is 50.9 Å². The van der Waals surface area contributed by atoms with Crippen molar-refractivity contribution in [2.45, 2.75) is 45.8 Å². The first-order valence-corrected chi connectivity index (χ1v) is 14.0. The van der Waals surface area contributed by atoms with Crippen LogP contribution in [0.25, 0.3) is 11.3 Å². The molecule has 216 valence electrons. The lowest BCUT2D eigenvalue weighted by atomic mass is 9.67. The second-order valence-corrected chi connectivity index (χ2v) is 11.9. The normalized spacial score (nSPS) is 19.4. The Morgan fingerprint density at radius 3 is 2.34 bits per heavy atom. The highest BCUT2D eigenvalue weighted by Gasteiger charge is 2.51. The zero-order chi connectivity index (χ0) is 29.9. The highest BCUT2D eigenvalue weighted by atomic mass is 35.5. The van der Waals surface area contributed by atoms with Gasteiger partial charge in [0.1, 0.15) is 12.3 Å². The van der Waals surface area contributed by atoms with Gasteiger partial charge in [-0.3, -0.25) is 14.8 Å². The number of amides is 1. The van der Waals surface area contributed by atoms with E-state index in [0.717, 1.165) is 11.8 Å². The number of piperidine rings is 1. The molecule has 1 aliphatic heterocycles. The van der Waals surface area contributed by atoms with Gasteiger partial charge in [0, 0.05) is 40.9 Å². The first kappa shape index (κ1) is 30.4. The number of halogens is 1. The van der Waals surface area contributed by atoms with Gasteiger partial charge in [-0.1, -0.05) is 57.5 Å². The van der Waals surface area contributed by atoms with Gasteiger partial charge in [0.25, 0.3) is 5.91 Å². The zero-order valence-electron chi connectivity index (χ0n) is 24.0. The predicted octanol–water partition coefficient (Wildman–Crippen LogP) is 5.39.